The molecule has 2 aliphatic heterocycles. The van der Waals surface area contributed by atoms with Crippen LogP contribution in [0.4, 0.5) is 0 Å². The van der Waals surface area contributed by atoms with E-state index in [1.807, 2.05) is 29.6 Å². The van der Waals surface area contributed by atoms with Crippen LogP contribution in [0.3, 0.4) is 0 Å². The topological polar surface area (TPSA) is 59.9 Å². The molecular weight excluding hydrogens is 336 g/mol. The molecular formula is C19H20N2O3S. The van der Waals surface area contributed by atoms with E-state index in [4.69, 9.17) is 9.47 Å². The first-order valence-electron chi connectivity index (χ1n) is 8.55. The zero-order chi connectivity index (χ0) is 17.1. The maximum atomic E-state index is 12.3. The number of rotatable bonds is 4. The number of hydrogen-bond donors (Lipinski definition) is 1. The molecule has 1 aromatic heterocycles. The van der Waals surface area contributed by atoms with Crippen molar-refractivity contribution < 1.29 is 14.3 Å². The molecule has 0 radical (unpaired) electrons. The lowest BCUT2D eigenvalue weighted by molar-refractivity contribution is -0.120. The van der Waals surface area contributed by atoms with Gasteiger partial charge in [0.05, 0.1) is 31.9 Å². The van der Waals surface area contributed by atoms with E-state index < -0.39 is 0 Å². The Morgan fingerprint density at radius 3 is 2.88 bits per heavy atom. The van der Waals surface area contributed by atoms with Crippen molar-refractivity contribution in [3.8, 4) is 11.5 Å². The molecule has 0 aliphatic carbocycles. The molecule has 0 unspecified atom stereocenters. The Labute approximate surface area is 150 Å². The Morgan fingerprint density at radius 2 is 2.08 bits per heavy atom. The molecule has 1 amide bonds. The molecule has 0 atom stereocenters. The van der Waals surface area contributed by atoms with Crippen LogP contribution in [0.2, 0.25) is 0 Å². The van der Waals surface area contributed by atoms with Gasteiger partial charge in [0, 0.05) is 23.4 Å². The fourth-order valence-electron chi connectivity index (χ4n) is 3.09. The van der Waals surface area contributed by atoms with E-state index in [0.29, 0.717) is 26.3 Å². The summed E-state index contributed by atoms with van der Waals surface area (Å²) in [6.45, 7) is 2.61. The monoisotopic (exact) mass is 356 g/mol. The van der Waals surface area contributed by atoms with Crippen molar-refractivity contribution in [1.29, 1.82) is 0 Å². The summed E-state index contributed by atoms with van der Waals surface area (Å²) >= 11 is 1.64. The largest absolute Gasteiger partial charge is 0.490 e. The number of carbonyl (C=O) groups is 1. The van der Waals surface area contributed by atoms with Crippen molar-refractivity contribution in [3.05, 3.63) is 45.6 Å². The number of nitrogens with zero attached hydrogens (tertiary/aromatic N) is 1. The highest BCUT2D eigenvalue weighted by Gasteiger charge is 2.21. The zero-order valence-corrected chi connectivity index (χ0v) is 14.7. The fourth-order valence-corrected chi connectivity index (χ4v) is 3.73. The third kappa shape index (κ3) is 3.69. The predicted molar refractivity (Wildman–Crippen MR) is 97.9 cm³/mol. The maximum Gasteiger partial charge on any atom is 0.226 e. The van der Waals surface area contributed by atoms with Gasteiger partial charge >= 0.3 is 0 Å². The number of nitrogens with one attached hydrogen (secondary N) is 1. The summed E-state index contributed by atoms with van der Waals surface area (Å²) in [5, 5.41) is 4.98. The second-order valence-corrected chi connectivity index (χ2v) is 7.15. The Hall–Kier alpha value is -2.34. The van der Waals surface area contributed by atoms with E-state index in [2.05, 4.69) is 10.3 Å². The highest BCUT2D eigenvalue weighted by molar-refractivity contribution is 7.09. The van der Waals surface area contributed by atoms with Gasteiger partial charge in [0.15, 0.2) is 11.5 Å². The highest BCUT2D eigenvalue weighted by Crippen LogP contribution is 2.34. The van der Waals surface area contributed by atoms with Gasteiger partial charge in [0.25, 0.3) is 0 Å². The van der Waals surface area contributed by atoms with Crippen LogP contribution in [-0.2, 0) is 17.8 Å². The van der Waals surface area contributed by atoms with Gasteiger partial charge in [-0.1, -0.05) is 6.07 Å². The molecule has 25 heavy (non-hydrogen) atoms. The van der Waals surface area contributed by atoms with Crippen molar-refractivity contribution in [2.75, 3.05) is 19.8 Å². The highest BCUT2D eigenvalue weighted by atomic mass is 32.1. The molecule has 0 saturated carbocycles. The van der Waals surface area contributed by atoms with Gasteiger partial charge < -0.3 is 14.8 Å². The maximum absolute atomic E-state index is 12.3. The predicted octanol–water partition coefficient (Wildman–Crippen LogP) is 2.96. The fraction of sp³-hybridized carbons (Fsp3) is 0.368. The van der Waals surface area contributed by atoms with Crippen LogP contribution >= 0.6 is 11.3 Å². The third-order valence-corrected chi connectivity index (χ3v) is 5.21. The van der Waals surface area contributed by atoms with Crippen LogP contribution in [0.25, 0.3) is 0 Å². The summed E-state index contributed by atoms with van der Waals surface area (Å²) in [5.41, 5.74) is 3.03. The third-order valence-electron chi connectivity index (χ3n) is 4.34. The van der Waals surface area contributed by atoms with E-state index in [9.17, 15) is 4.79 Å². The number of ether oxygens (including phenoxy) is 2. The van der Waals surface area contributed by atoms with Crippen LogP contribution in [0, 0.1) is 0 Å². The summed E-state index contributed by atoms with van der Waals surface area (Å²) in [7, 11) is 0. The minimum atomic E-state index is -0.00730. The Balaban J connectivity index is 1.49. The first kappa shape index (κ1) is 16.1. The summed E-state index contributed by atoms with van der Waals surface area (Å²) < 4.78 is 11.6. The summed E-state index contributed by atoms with van der Waals surface area (Å²) in [6, 6.07) is 8.04. The minimum absolute atomic E-state index is 0.00730. The first-order chi connectivity index (χ1) is 12.3. The molecule has 0 spiro atoms. The average molecular weight is 356 g/mol. The second kappa shape index (κ2) is 7.27. The van der Waals surface area contributed by atoms with Gasteiger partial charge in [-0.25, -0.2) is 0 Å². The van der Waals surface area contributed by atoms with Gasteiger partial charge in [-0.3, -0.25) is 9.79 Å². The van der Waals surface area contributed by atoms with Gasteiger partial charge in [-0.15, -0.1) is 11.3 Å². The molecule has 5 nitrogen and oxygen atoms in total. The van der Waals surface area contributed by atoms with Crippen molar-refractivity contribution in [2.24, 2.45) is 4.99 Å². The van der Waals surface area contributed by atoms with Gasteiger partial charge in [0.2, 0.25) is 5.91 Å². The normalized spacial score (nSPS) is 15.8. The lowest BCUT2D eigenvalue weighted by Gasteiger charge is -2.19. The van der Waals surface area contributed by atoms with E-state index in [0.717, 1.165) is 40.5 Å². The van der Waals surface area contributed by atoms with Crippen LogP contribution in [0.15, 0.2) is 34.6 Å². The first-order valence-corrected chi connectivity index (χ1v) is 9.43. The van der Waals surface area contributed by atoms with Crippen LogP contribution in [0.5, 0.6) is 11.5 Å². The standard InChI is InChI=1S/C19H20N2O3S/c22-19(21-12-14-3-1-8-25-14)11-16-15-10-18-17(23-6-2-7-24-18)9-13(15)4-5-20-16/h1,3,8-10H,2,4-7,11-12H2,(H,21,22). The van der Waals surface area contributed by atoms with Crippen molar-refractivity contribution in [2.45, 2.75) is 25.8 Å². The lowest BCUT2D eigenvalue weighted by atomic mass is 9.95. The summed E-state index contributed by atoms with van der Waals surface area (Å²) in [6.07, 6.45) is 2.04. The molecule has 0 saturated heterocycles. The van der Waals surface area contributed by atoms with E-state index in [-0.39, 0.29) is 12.3 Å². The Kier molecular flexibility index (Phi) is 4.70. The smallest absolute Gasteiger partial charge is 0.226 e. The average Bonchev–Trinajstić information content (AvgIpc) is 3.04. The van der Waals surface area contributed by atoms with Crippen molar-refractivity contribution in [1.82, 2.24) is 5.32 Å². The van der Waals surface area contributed by atoms with Gasteiger partial charge in [-0.05, 0) is 35.6 Å². The molecule has 4 rings (SSSR count). The molecule has 3 heterocycles. The number of fused-ring (bicyclic) bond motifs is 2. The number of benzene rings is 1. The molecule has 130 valence electrons. The SMILES string of the molecule is O=C(CC1=NCCc2cc3c(cc21)OCCCO3)NCc1cccs1. The molecule has 2 aromatic rings. The quantitative estimate of drug-likeness (QED) is 0.916. The van der Waals surface area contributed by atoms with E-state index >= 15 is 0 Å². The molecule has 2 aliphatic rings. The zero-order valence-electron chi connectivity index (χ0n) is 13.9. The van der Waals surface area contributed by atoms with Crippen LogP contribution < -0.4 is 14.8 Å². The number of thiophene rings is 1. The van der Waals surface area contributed by atoms with E-state index in [1.54, 1.807) is 11.3 Å². The second-order valence-electron chi connectivity index (χ2n) is 6.12. The molecule has 1 N–H and O–H groups in total. The van der Waals surface area contributed by atoms with Crippen molar-refractivity contribution in [3.63, 3.8) is 0 Å². The number of carbonyl (C=O) groups excluding carboxylic acids is 1. The van der Waals surface area contributed by atoms with E-state index in [1.165, 1.54) is 5.56 Å². The Bertz CT molecular complexity index is 799. The van der Waals surface area contributed by atoms with Gasteiger partial charge in [0.1, 0.15) is 0 Å². The number of aliphatic imine (C=N–C) groups is 1. The van der Waals surface area contributed by atoms with Crippen LogP contribution in [0.1, 0.15) is 28.8 Å². The Morgan fingerprint density at radius 1 is 1.24 bits per heavy atom. The molecule has 0 bridgehead atoms. The molecule has 1 aromatic carbocycles. The van der Waals surface area contributed by atoms with Crippen molar-refractivity contribution >= 4 is 23.0 Å². The molecule has 0 fully saturated rings. The lowest BCUT2D eigenvalue weighted by Crippen LogP contribution is -2.27. The number of hydrogen-bond acceptors (Lipinski definition) is 5. The number of amides is 1. The molecule has 6 heteroatoms. The minimum Gasteiger partial charge on any atom is -0.490 e. The van der Waals surface area contributed by atoms with Gasteiger partial charge in [-0.2, -0.15) is 0 Å². The van der Waals surface area contributed by atoms with Crippen LogP contribution in [-0.4, -0.2) is 31.4 Å². The summed E-state index contributed by atoms with van der Waals surface area (Å²) in [4.78, 5) is 18.1. The summed E-state index contributed by atoms with van der Waals surface area (Å²) in [5.74, 6) is 1.55.